The highest BCUT2D eigenvalue weighted by molar-refractivity contribution is 5.47. The van der Waals surface area contributed by atoms with Crippen LogP contribution in [-0.4, -0.2) is 36.3 Å². The molecule has 88 valence electrons. The number of aromatic nitrogens is 2. The second kappa shape index (κ2) is 4.65. The van der Waals surface area contributed by atoms with E-state index in [1.165, 1.54) is 0 Å². The van der Waals surface area contributed by atoms with Crippen molar-refractivity contribution in [3.8, 4) is 0 Å². The molecular formula is C11H18N4O. The Kier molecular flexibility index (Phi) is 3.24. The van der Waals surface area contributed by atoms with Crippen molar-refractivity contribution in [2.75, 3.05) is 30.8 Å². The molecule has 1 aliphatic rings. The van der Waals surface area contributed by atoms with E-state index in [0.29, 0.717) is 11.9 Å². The predicted octanol–water partition coefficient (Wildman–Crippen LogP) is 0.982. The smallest absolute Gasteiger partial charge is 0.134 e. The Balaban J connectivity index is 2.16. The first-order chi connectivity index (χ1) is 7.69. The number of nitrogens with two attached hydrogens (primary N) is 1. The van der Waals surface area contributed by atoms with Crippen molar-refractivity contribution >= 4 is 11.6 Å². The Hall–Kier alpha value is -1.36. The number of piperidine rings is 1. The first-order valence-electron chi connectivity index (χ1n) is 5.58. The molecule has 1 aromatic heterocycles. The molecule has 1 aromatic rings. The number of methoxy groups -OCH3 is 1. The summed E-state index contributed by atoms with van der Waals surface area (Å²) in [5, 5.41) is 0. The number of aryl methyl sites for hydroxylation is 1. The van der Waals surface area contributed by atoms with E-state index >= 15 is 0 Å². The van der Waals surface area contributed by atoms with Gasteiger partial charge >= 0.3 is 0 Å². The zero-order chi connectivity index (χ0) is 11.5. The minimum atomic E-state index is 0.297. The predicted molar refractivity (Wildman–Crippen MR) is 63.4 cm³/mol. The summed E-state index contributed by atoms with van der Waals surface area (Å²) in [5.41, 5.74) is 5.72. The van der Waals surface area contributed by atoms with Gasteiger partial charge in [0.05, 0.1) is 6.10 Å². The van der Waals surface area contributed by atoms with Gasteiger partial charge in [-0.1, -0.05) is 0 Å². The summed E-state index contributed by atoms with van der Waals surface area (Å²) in [6.45, 7) is 3.75. The van der Waals surface area contributed by atoms with Crippen molar-refractivity contribution in [2.45, 2.75) is 25.9 Å². The third kappa shape index (κ3) is 2.41. The van der Waals surface area contributed by atoms with Crippen molar-refractivity contribution in [2.24, 2.45) is 0 Å². The minimum Gasteiger partial charge on any atom is -0.384 e. The van der Waals surface area contributed by atoms with E-state index in [1.54, 1.807) is 7.11 Å². The van der Waals surface area contributed by atoms with Crippen LogP contribution in [-0.2, 0) is 4.74 Å². The lowest BCUT2D eigenvalue weighted by Gasteiger charge is -2.32. The van der Waals surface area contributed by atoms with Crippen LogP contribution in [0.5, 0.6) is 0 Å². The molecule has 2 N–H and O–H groups in total. The quantitative estimate of drug-likeness (QED) is 0.808. The number of ether oxygens (including phenoxy) is 1. The molecule has 16 heavy (non-hydrogen) atoms. The Morgan fingerprint density at radius 2 is 2.31 bits per heavy atom. The minimum absolute atomic E-state index is 0.297. The van der Waals surface area contributed by atoms with Crippen molar-refractivity contribution in [1.82, 2.24) is 9.97 Å². The van der Waals surface area contributed by atoms with Gasteiger partial charge in [-0.3, -0.25) is 0 Å². The summed E-state index contributed by atoms with van der Waals surface area (Å²) >= 11 is 0. The normalized spacial score (nSPS) is 21.1. The van der Waals surface area contributed by atoms with Gasteiger partial charge in [0.1, 0.15) is 17.5 Å². The van der Waals surface area contributed by atoms with Crippen LogP contribution in [0.1, 0.15) is 18.7 Å². The first-order valence-corrected chi connectivity index (χ1v) is 5.58. The Morgan fingerprint density at radius 1 is 1.50 bits per heavy atom. The van der Waals surface area contributed by atoms with Gasteiger partial charge in [-0.25, -0.2) is 9.97 Å². The SMILES string of the molecule is COC1CCCN(c2cc(N)nc(C)n2)C1. The van der Waals surface area contributed by atoms with E-state index in [9.17, 15) is 0 Å². The maximum atomic E-state index is 5.72. The Labute approximate surface area is 95.6 Å². The van der Waals surface area contributed by atoms with Gasteiger partial charge in [0.15, 0.2) is 0 Å². The van der Waals surface area contributed by atoms with Gasteiger partial charge < -0.3 is 15.4 Å². The molecule has 1 unspecified atom stereocenters. The lowest BCUT2D eigenvalue weighted by Crippen LogP contribution is -2.39. The van der Waals surface area contributed by atoms with Gasteiger partial charge in [-0.2, -0.15) is 0 Å². The molecule has 0 spiro atoms. The zero-order valence-corrected chi connectivity index (χ0v) is 9.81. The number of rotatable bonds is 2. The standard InChI is InChI=1S/C11H18N4O/c1-8-13-10(12)6-11(14-8)15-5-3-4-9(7-15)16-2/h6,9H,3-5,7H2,1-2H3,(H2,12,13,14). The monoisotopic (exact) mass is 222 g/mol. The molecule has 5 heteroatoms. The number of anilines is 2. The molecule has 1 atom stereocenters. The summed E-state index contributed by atoms with van der Waals surface area (Å²) in [4.78, 5) is 10.7. The third-order valence-electron chi connectivity index (χ3n) is 2.88. The van der Waals surface area contributed by atoms with Crippen LogP contribution in [0.2, 0.25) is 0 Å². The summed E-state index contributed by atoms with van der Waals surface area (Å²) in [6.07, 6.45) is 2.54. The van der Waals surface area contributed by atoms with Gasteiger partial charge in [0.2, 0.25) is 0 Å². The molecule has 0 saturated carbocycles. The number of nitrogens with zero attached hydrogens (tertiary/aromatic N) is 3. The van der Waals surface area contributed by atoms with E-state index in [0.717, 1.165) is 37.6 Å². The lowest BCUT2D eigenvalue weighted by molar-refractivity contribution is 0.0891. The highest BCUT2D eigenvalue weighted by Gasteiger charge is 2.20. The molecule has 1 saturated heterocycles. The van der Waals surface area contributed by atoms with Crippen molar-refractivity contribution in [1.29, 1.82) is 0 Å². The molecule has 1 aliphatic heterocycles. The van der Waals surface area contributed by atoms with E-state index in [-0.39, 0.29) is 0 Å². The topological polar surface area (TPSA) is 64.3 Å². The zero-order valence-electron chi connectivity index (χ0n) is 9.81. The van der Waals surface area contributed by atoms with Crippen molar-refractivity contribution < 1.29 is 4.74 Å². The summed E-state index contributed by atoms with van der Waals surface area (Å²) in [5.74, 6) is 2.16. The maximum absolute atomic E-state index is 5.72. The highest BCUT2D eigenvalue weighted by Crippen LogP contribution is 2.20. The molecule has 0 bridgehead atoms. The second-order valence-electron chi connectivity index (χ2n) is 4.14. The van der Waals surface area contributed by atoms with Crippen molar-refractivity contribution in [3.63, 3.8) is 0 Å². The summed E-state index contributed by atoms with van der Waals surface area (Å²) in [7, 11) is 1.76. The van der Waals surface area contributed by atoms with Gasteiger partial charge in [-0.15, -0.1) is 0 Å². The molecular weight excluding hydrogens is 204 g/mol. The Morgan fingerprint density at radius 3 is 3.00 bits per heavy atom. The average molecular weight is 222 g/mol. The fourth-order valence-electron chi connectivity index (χ4n) is 2.08. The van der Waals surface area contributed by atoms with Gasteiger partial charge in [0, 0.05) is 26.3 Å². The van der Waals surface area contributed by atoms with Crippen LogP contribution in [0.15, 0.2) is 6.07 Å². The van der Waals surface area contributed by atoms with E-state index in [4.69, 9.17) is 10.5 Å². The lowest BCUT2D eigenvalue weighted by atomic mass is 10.1. The van der Waals surface area contributed by atoms with Crippen LogP contribution >= 0.6 is 0 Å². The second-order valence-corrected chi connectivity index (χ2v) is 4.14. The number of hydrogen-bond acceptors (Lipinski definition) is 5. The molecule has 0 aliphatic carbocycles. The maximum Gasteiger partial charge on any atom is 0.134 e. The summed E-state index contributed by atoms with van der Waals surface area (Å²) < 4.78 is 5.39. The largest absolute Gasteiger partial charge is 0.384 e. The van der Waals surface area contributed by atoms with Crippen LogP contribution in [0.3, 0.4) is 0 Å². The van der Waals surface area contributed by atoms with Crippen LogP contribution in [0.25, 0.3) is 0 Å². The fraction of sp³-hybridized carbons (Fsp3) is 0.636. The highest BCUT2D eigenvalue weighted by atomic mass is 16.5. The average Bonchev–Trinajstić information content (AvgIpc) is 2.28. The van der Waals surface area contributed by atoms with Gasteiger partial charge in [-0.05, 0) is 19.8 Å². The molecule has 2 rings (SSSR count). The van der Waals surface area contributed by atoms with Crippen LogP contribution < -0.4 is 10.6 Å². The molecule has 0 aromatic carbocycles. The van der Waals surface area contributed by atoms with Gasteiger partial charge in [0.25, 0.3) is 0 Å². The number of hydrogen-bond donors (Lipinski definition) is 1. The molecule has 0 amide bonds. The van der Waals surface area contributed by atoms with E-state index in [2.05, 4.69) is 14.9 Å². The molecule has 5 nitrogen and oxygen atoms in total. The third-order valence-corrected chi connectivity index (χ3v) is 2.88. The summed E-state index contributed by atoms with van der Waals surface area (Å²) in [6, 6.07) is 1.82. The van der Waals surface area contributed by atoms with E-state index in [1.807, 2.05) is 13.0 Å². The van der Waals surface area contributed by atoms with Crippen molar-refractivity contribution in [3.05, 3.63) is 11.9 Å². The Bertz CT molecular complexity index is 349. The van der Waals surface area contributed by atoms with Crippen LogP contribution in [0, 0.1) is 6.92 Å². The molecule has 2 heterocycles. The first kappa shape index (κ1) is 11.1. The molecule has 0 radical (unpaired) electrons. The fourth-order valence-corrected chi connectivity index (χ4v) is 2.08. The molecule has 1 fully saturated rings. The van der Waals surface area contributed by atoms with Crippen LogP contribution in [0.4, 0.5) is 11.6 Å². The van der Waals surface area contributed by atoms with E-state index < -0.39 is 0 Å². The number of nitrogen functional groups attached to an aromatic ring is 1.